The lowest BCUT2D eigenvalue weighted by molar-refractivity contribution is -0.119. The number of nitrogens with zero attached hydrogens (tertiary/aromatic N) is 1. The number of carbonyl (C=O) groups is 2. The molecule has 0 aliphatic heterocycles. The van der Waals surface area contributed by atoms with Crippen molar-refractivity contribution in [2.45, 2.75) is 13.8 Å². The predicted octanol–water partition coefficient (Wildman–Crippen LogP) is 4.24. The number of nitrogens with one attached hydrogen (secondary N) is 2. The summed E-state index contributed by atoms with van der Waals surface area (Å²) in [5.41, 5.74) is 5.17. The van der Waals surface area contributed by atoms with E-state index in [1.165, 1.54) is 17.6 Å². The molecule has 8 heteroatoms. The first-order chi connectivity index (χ1) is 15.0. The van der Waals surface area contributed by atoms with Crippen LogP contribution in [0, 0.1) is 6.92 Å². The molecule has 3 rings (SSSR count). The molecule has 2 N–H and O–H groups in total. The van der Waals surface area contributed by atoms with Crippen molar-refractivity contribution in [3.63, 3.8) is 0 Å². The second-order valence-corrected chi connectivity index (χ2v) is 7.47. The van der Waals surface area contributed by atoms with Gasteiger partial charge in [-0.25, -0.2) is 10.2 Å². The van der Waals surface area contributed by atoms with Crippen LogP contribution in [0.25, 0.3) is 0 Å². The second kappa shape index (κ2) is 10.9. The van der Waals surface area contributed by atoms with Crippen molar-refractivity contribution in [3.05, 3.63) is 76.0 Å². The molecule has 160 valence electrons. The topological polar surface area (TPSA) is 89.0 Å². The van der Waals surface area contributed by atoms with Crippen LogP contribution in [-0.2, 0) is 4.79 Å². The van der Waals surface area contributed by atoms with E-state index >= 15 is 0 Å². The van der Waals surface area contributed by atoms with Gasteiger partial charge in [0.15, 0.2) is 11.5 Å². The first kappa shape index (κ1) is 22.0. The van der Waals surface area contributed by atoms with Crippen molar-refractivity contribution in [3.8, 4) is 11.5 Å². The van der Waals surface area contributed by atoms with Crippen molar-refractivity contribution < 1.29 is 19.1 Å². The third kappa shape index (κ3) is 6.68. The molecule has 0 aliphatic carbocycles. The summed E-state index contributed by atoms with van der Waals surface area (Å²) in [6, 6.07) is 16.3. The number of esters is 1. The molecule has 0 saturated carbocycles. The smallest absolute Gasteiger partial charge is 0.353 e. The molecule has 0 bridgehead atoms. The van der Waals surface area contributed by atoms with Gasteiger partial charge in [0.05, 0.1) is 19.4 Å². The molecule has 0 fully saturated rings. The van der Waals surface area contributed by atoms with Crippen LogP contribution in [0.2, 0.25) is 0 Å². The van der Waals surface area contributed by atoms with Gasteiger partial charge in [0.2, 0.25) is 0 Å². The lowest BCUT2D eigenvalue weighted by Gasteiger charge is -2.10. The zero-order valence-corrected chi connectivity index (χ0v) is 18.1. The number of benzene rings is 2. The molecule has 1 amide bonds. The normalized spacial score (nSPS) is 10.6. The van der Waals surface area contributed by atoms with E-state index in [4.69, 9.17) is 9.47 Å². The summed E-state index contributed by atoms with van der Waals surface area (Å²) in [7, 11) is 0. The summed E-state index contributed by atoms with van der Waals surface area (Å²) in [4.78, 5) is 24.7. The van der Waals surface area contributed by atoms with Gasteiger partial charge in [0.1, 0.15) is 4.88 Å². The highest BCUT2D eigenvalue weighted by atomic mass is 32.1. The summed E-state index contributed by atoms with van der Waals surface area (Å²) in [5.74, 6) is 0.0292. The summed E-state index contributed by atoms with van der Waals surface area (Å²) in [6.45, 7) is 4.35. The van der Waals surface area contributed by atoms with Crippen molar-refractivity contribution in [1.82, 2.24) is 5.43 Å². The van der Waals surface area contributed by atoms with Crippen LogP contribution in [0.3, 0.4) is 0 Å². The number of hydrazone groups is 1. The van der Waals surface area contributed by atoms with E-state index in [0.29, 0.717) is 28.5 Å². The summed E-state index contributed by atoms with van der Waals surface area (Å²) in [6.07, 6.45) is 1.50. The van der Waals surface area contributed by atoms with Gasteiger partial charge < -0.3 is 14.8 Å². The zero-order valence-electron chi connectivity index (χ0n) is 17.3. The first-order valence-electron chi connectivity index (χ1n) is 9.70. The summed E-state index contributed by atoms with van der Waals surface area (Å²) in [5, 5.41) is 8.81. The fraction of sp³-hybridized carbons (Fsp3) is 0.174. The SMILES string of the molecule is CCOc1cc(/C=N\NC(=O)CNc2ccc(C)cc2)ccc1OC(=O)c1cccs1. The third-order valence-corrected chi connectivity index (χ3v) is 4.95. The van der Waals surface area contributed by atoms with Gasteiger partial charge in [-0.05, 0) is 61.2 Å². The molecular formula is C23H23N3O4S. The number of hydrogen-bond acceptors (Lipinski definition) is 7. The second-order valence-electron chi connectivity index (χ2n) is 6.52. The number of rotatable bonds is 9. The molecule has 1 aromatic heterocycles. The van der Waals surface area contributed by atoms with E-state index in [-0.39, 0.29) is 12.5 Å². The van der Waals surface area contributed by atoms with Gasteiger partial charge in [-0.3, -0.25) is 4.79 Å². The number of thiophene rings is 1. The van der Waals surface area contributed by atoms with Crippen LogP contribution >= 0.6 is 11.3 Å². The molecule has 0 radical (unpaired) electrons. The zero-order chi connectivity index (χ0) is 22.1. The Kier molecular flexibility index (Phi) is 7.78. The van der Waals surface area contributed by atoms with Crippen LogP contribution < -0.4 is 20.2 Å². The molecule has 3 aromatic rings. The van der Waals surface area contributed by atoms with Crippen LogP contribution in [0.5, 0.6) is 11.5 Å². The minimum absolute atomic E-state index is 0.0994. The van der Waals surface area contributed by atoms with Crippen LogP contribution in [0.4, 0.5) is 5.69 Å². The Morgan fingerprint density at radius 1 is 1.10 bits per heavy atom. The molecule has 0 saturated heterocycles. The average Bonchev–Trinajstić information content (AvgIpc) is 3.30. The van der Waals surface area contributed by atoms with Gasteiger partial charge in [-0.2, -0.15) is 5.10 Å². The Morgan fingerprint density at radius 2 is 1.90 bits per heavy atom. The Morgan fingerprint density at radius 3 is 2.61 bits per heavy atom. The van der Waals surface area contributed by atoms with Crippen LogP contribution in [-0.4, -0.2) is 31.2 Å². The Hall–Kier alpha value is -3.65. The molecule has 31 heavy (non-hydrogen) atoms. The number of carbonyl (C=O) groups excluding carboxylic acids is 2. The molecule has 2 aromatic carbocycles. The van der Waals surface area contributed by atoms with Crippen molar-refractivity contribution in [2.75, 3.05) is 18.5 Å². The molecule has 1 heterocycles. The molecule has 0 unspecified atom stereocenters. The maximum Gasteiger partial charge on any atom is 0.353 e. The highest BCUT2D eigenvalue weighted by Gasteiger charge is 2.14. The maximum atomic E-state index is 12.2. The third-order valence-electron chi connectivity index (χ3n) is 4.10. The molecule has 0 spiro atoms. The average molecular weight is 438 g/mol. The quantitative estimate of drug-likeness (QED) is 0.226. The number of anilines is 1. The number of aryl methyl sites for hydroxylation is 1. The van der Waals surface area contributed by atoms with Gasteiger partial charge in [0.25, 0.3) is 5.91 Å². The van der Waals surface area contributed by atoms with Gasteiger partial charge >= 0.3 is 5.97 Å². The number of ether oxygens (including phenoxy) is 2. The minimum Gasteiger partial charge on any atom is -0.490 e. The van der Waals surface area contributed by atoms with Gasteiger partial charge in [-0.15, -0.1) is 11.3 Å². The summed E-state index contributed by atoms with van der Waals surface area (Å²) >= 11 is 1.31. The van der Waals surface area contributed by atoms with E-state index in [0.717, 1.165) is 11.3 Å². The van der Waals surface area contributed by atoms with E-state index in [9.17, 15) is 9.59 Å². The lowest BCUT2D eigenvalue weighted by Crippen LogP contribution is -2.25. The Balaban J connectivity index is 1.56. The predicted molar refractivity (Wildman–Crippen MR) is 122 cm³/mol. The standard InChI is InChI=1S/C23H23N3O4S/c1-3-29-20-13-17(8-11-19(20)30-23(28)21-5-4-12-31-21)14-25-26-22(27)15-24-18-9-6-16(2)7-10-18/h4-14,24H,3,15H2,1-2H3,(H,26,27)/b25-14-. The molecule has 7 nitrogen and oxygen atoms in total. The molecule has 0 aliphatic rings. The van der Waals surface area contributed by atoms with E-state index in [2.05, 4.69) is 15.8 Å². The van der Waals surface area contributed by atoms with Crippen molar-refractivity contribution >= 4 is 35.1 Å². The maximum absolute atomic E-state index is 12.2. The van der Waals surface area contributed by atoms with Crippen LogP contribution in [0.1, 0.15) is 27.7 Å². The molecule has 0 atom stereocenters. The highest BCUT2D eigenvalue weighted by Crippen LogP contribution is 2.29. The van der Waals surface area contributed by atoms with Crippen LogP contribution in [0.15, 0.2) is 65.1 Å². The number of hydrogen-bond donors (Lipinski definition) is 2. The fourth-order valence-corrected chi connectivity index (χ4v) is 3.17. The van der Waals surface area contributed by atoms with E-state index in [1.807, 2.05) is 43.5 Å². The monoisotopic (exact) mass is 437 g/mol. The van der Waals surface area contributed by atoms with E-state index < -0.39 is 5.97 Å². The minimum atomic E-state index is -0.439. The largest absolute Gasteiger partial charge is 0.490 e. The molecular weight excluding hydrogens is 414 g/mol. The fourth-order valence-electron chi connectivity index (χ4n) is 2.57. The van der Waals surface area contributed by atoms with E-state index in [1.54, 1.807) is 30.3 Å². The summed E-state index contributed by atoms with van der Waals surface area (Å²) < 4.78 is 11.0. The first-order valence-corrected chi connectivity index (χ1v) is 10.6. The Bertz CT molecular complexity index is 1050. The Labute approximate surface area is 184 Å². The highest BCUT2D eigenvalue weighted by molar-refractivity contribution is 7.12. The van der Waals surface area contributed by atoms with Gasteiger partial charge in [0, 0.05) is 5.69 Å². The van der Waals surface area contributed by atoms with Crippen molar-refractivity contribution in [2.24, 2.45) is 5.10 Å². The van der Waals surface area contributed by atoms with Crippen molar-refractivity contribution in [1.29, 1.82) is 0 Å². The lowest BCUT2D eigenvalue weighted by atomic mass is 10.2. The van der Waals surface area contributed by atoms with Gasteiger partial charge in [-0.1, -0.05) is 23.8 Å². The number of amides is 1.